The van der Waals surface area contributed by atoms with Crippen molar-refractivity contribution in [1.82, 2.24) is 4.98 Å². The Balaban J connectivity index is 3.31. The van der Waals surface area contributed by atoms with Gasteiger partial charge in [-0.3, -0.25) is 4.98 Å². The Morgan fingerprint density at radius 3 is 2.58 bits per heavy atom. The van der Waals surface area contributed by atoms with Crippen LogP contribution >= 0.6 is 0 Å². The molecule has 0 radical (unpaired) electrons. The van der Waals surface area contributed by atoms with Crippen molar-refractivity contribution in [2.45, 2.75) is 13.3 Å². The molecule has 1 heteroatoms. The molecule has 0 spiro atoms. The first-order valence-corrected chi connectivity index (χ1v) is 4.05. The minimum absolute atomic E-state index is 0.982. The van der Waals surface area contributed by atoms with Crippen LogP contribution in [-0.2, 0) is 6.42 Å². The first kappa shape index (κ1) is 8.72. The van der Waals surface area contributed by atoms with Gasteiger partial charge in [0.05, 0.1) is 0 Å². The Kier molecular flexibility index (Phi) is 2.81. The van der Waals surface area contributed by atoms with Crippen LogP contribution in [0.15, 0.2) is 25.6 Å². The number of rotatable bonds is 3. The Morgan fingerprint density at radius 1 is 1.33 bits per heavy atom. The molecular weight excluding hydrogens is 146 g/mol. The lowest BCUT2D eigenvalue weighted by molar-refractivity contribution is 1.09. The average Bonchev–Trinajstić information content (AvgIpc) is 2.16. The highest BCUT2D eigenvalue weighted by Gasteiger charge is 2.00. The molecule has 0 unspecified atom stereocenters. The van der Waals surface area contributed by atoms with Gasteiger partial charge in [-0.05, 0) is 23.1 Å². The minimum atomic E-state index is 0.982. The molecule has 1 heterocycles. The maximum atomic E-state index is 4.12. The molecule has 0 amide bonds. The van der Waals surface area contributed by atoms with Gasteiger partial charge in [0.25, 0.3) is 0 Å². The van der Waals surface area contributed by atoms with Gasteiger partial charge in [-0.25, -0.2) is 0 Å². The normalized spacial score (nSPS) is 9.42. The second-order valence-electron chi connectivity index (χ2n) is 2.56. The lowest BCUT2D eigenvalue weighted by atomic mass is 10.0. The molecule has 0 aromatic carbocycles. The molecule has 0 atom stereocenters. The smallest absolute Gasteiger partial charge is 0.0346 e. The third-order valence-electron chi connectivity index (χ3n) is 1.91. The number of hydrogen-bond donors (Lipinski definition) is 0. The lowest BCUT2D eigenvalue weighted by Gasteiger charge is -2.05. The van der Waals surface area contributed by atoms with E-state index < -0.39 is 0 Å². The van der Waals surface area contributed by atoms with Gasteiger partial charge in [0.1, 0.15) is 0 Å². The molecule has 0 N–H and O–H groups in total. The van der Waals surface area contributed by atoms with Crippen LogP contribution in [-0.4, -0.2) is 4.98 Å². The molecule has 0 saturated carbocycles. The van der Waals surface area contributed by atoms with Crippen molar-refractivity contribution in [3.63, 3.8) is 0 Å². The zero-order valence-corrected chi connectivity index (χ0v) is 7.38. The van der Waals surface area contributed by atoms with E-state index in [-0.39, 0.29) is 0 Å². The molecule has 1 aromatic heterocycles. The van der Waals surface area contributed by atoms with E-state index in [9.17, 15) is 0 Å². The van der Waals surface area contributed by atoms with Crippen molar-refractivity contribution >= 4 is 12.2 Å². The fourth-order valence-corrected chi connectivity index (χ4v) is 1.23. The van der Waals surface area contributed by atoms with Crippen molar-refractivity contribution in [2.24, 2.45) is 0 Å². The van der Waals surface area contributed by atoms with E-state index in [4.69, 9.17) is 0 Å². The van der Waals surface area contributed by atoms with Crippen molar-refractivity contribution in [3.05, 3.63) is 42.2 Å². The molecule has 0 aliphatic heterocycles. The zero-order valence-electron chi connectivity index (χ0n) is 7.38. The van der Waals surface area contributed by atoms with Crippen LogP contribution in [0, 0.1) is 0 Å². The molecule has 1 rings (SSSR count). The molecule has 0 aliphatic rings. The van der Waals surface area contributed by atoms with Gasteiger partial charge in [0.15, 0.2) is 0 Å². The van der Waals surface area contributed by atoms with Gasteiger partial charge >= 0.3 is 0 Å². The first-order valence-electron chi connectivity index (χ1n) is 4.05. The Hall–Kier alpha value is -1.37. The maximum absolute atomic E-state index is 4.12. The van der Waals surface area contributed by atoms with Gasteiger partial charge in [-0.2, -0.15) is 0 Å². The Morgan fingerprint density at radius 2 is 2.08 bits per heavy atom. The molecule has 62 valence electrons. The van der Waals surface area contributed by atoms with E-state index >= 15 is 0 Å². The Labute approximate surface area is 73.5 Å². The highest BCUT2D eigenvalue weighted by Crippen LogP contribution is 2.15. The lowest BCUT2D eigenvalue weighted by Crippen LogP contribution is -1.91. The summed E-state index contributed by atoms with van der Waals surface area (Å²) in [5.74, 6) is 0. The molecule has 0 aliphatic carbocycles. The van der Waals surface area contributed by atoms with Crippen LogP contribution in [0.3, 0.4) is 0 Å². The van der Waals surface area contributed by atoms with Gasteiger partial charge < -0.3 is 0 Å². The van der Waals surface area contributed by atoms with E-state index in [1.165, 1.54) is 5.56 Å². The molecular formula is C11H13N. The van der Waals surface area contributed by atoms with Crippen LogP contribution in [0.2, 0.25) is 0 Å². The van der Waals surface area contributed by atoms with E-state index in [2.05, 4.69) is 25.1 Å². The summed E-state index contributed by atoms with van der Waals surface area (Å²) >= 11 is 0. The highest BCUT2D eigenvalue weighted by atomic mass is 14.6. The van der Waals surface area contributed by atoms with Crippen LogP contribution in [0.4, 0.5) is 0 Å². The monoisotopic (exact) mass is 159 g/mol. The number of pyridine rings is 1. The second-order valence-corrected chi connectivity index (χ2v) is 2.56. The molecule has 0 fully saturated rings. The van der Waals surface area contributed by atoms with Crippen LogP contribution < -0.4 is 0 Å². The zero-order chi connectivity index (χ0) is 8.97. The van der Waals surface area contributed by atoms with Crippen molar-refractivity contribution in [3.8, 4) is 0 Å². The summed E-state index contributed by atoms with van der Waals surface area (Å²) in [6, 6.07) is 0. The summed E-state index contributed by atoms with van der Waals surface area (Å²) in [6.07, 6.45) is 8.34. The molecule has 12 heavy (non-hydrogen) atoms. The van der Waals surface area contributed by atoms with Crippen molar-refractivity contribution < 1.29 is 0 Å². The predicted octanol–water partition coefficient (Wildman–Crippen LogP) is 2.93. The van der Waals surface area contributed by atoms with Gasteiger partial charge in [-0.15, -0.1) is 0 Å². The Bertz CT molecular complexity index is 300. The largest absolute Gasteiger partial charge is 0.264 e. The fourth-order valence-electron chi connectivity index (χ4n) is 1.23. The summed E-state index contributed by atoms with van der Waals surface area (Å²) in [5, 5.41) is 0. The second kappa shape index (κ2) is 3.86. The summed E-state index contributed by atoms with van der Waals surface area (Å²) in [4.78, 5) is 4.12. The van der Waals surface area contributed by atoms with E-state index in [1.54, 1.807) is 0 Å². The quantitative estimate of drug-likeness (QED) is 0.660. The van der Waals surface area contributed by atoms with E-state index in [0.717, 1.165) is 17.5 Å². The van der Waals surface area contributed by atoms with Crippen molar-refractivity contribution in [1.29, 1.82) is 0 Å². The molecule has 1 aromatic rings. The predicted molar refractivity (Wildman–Crippen MR) is 53.8 cm³/mol. The number of hydrogen-bond acceptors (Lipinski definition) is 1. The van der Waals surface area contributed by atoms with Crippen LogP contribution in [0.25, 0.3) is 12.2 Å². The van der Waals surface area contributed by atoms with Gasteiger partial charge in [-0.1, -0.05) is 32.2 Å². The topological polar surface area (TPSA) is 12.9 Å². The van der Waals surface area contributed by atoms with Gasteiger partial charge in [0, 0.05) is 12.4 Å². The van der Waals surface area contributed by atoms with E-state index in [1.807, 2.05) is 24.5 Å². The van der Waals surface area contributed by atoms with Crippen LogP contribution in [0.5, 0.6) is 0 Å². The van der Waals surface area contributed by atoms with Crippen molar-refractivity contribution in [2.75, 3.05) is 0 Å². The SMILES string of the molecule is C=Cc1cncc(CC)c1C=C. The number of nitrogens with zero attached hydrogens (tertiary/aromatic N) is 1. The third kappa shape index (κ3) is 1.45. The minimum Gasteiger partial charge on any atom is -0.264 e. The first-order chi connectivity index (χ1) is 5.83. The fraction of sp³-hybridized carbons (Fsp3) is 0.182. The number of aryl methyl sites for hydroxylation is 1. The summed E-state index contributed by atoms with van der Waals surface area (Å²) in [7, 11) is 0. The standard InChI is InChI=1S/C11H13N/c1-4-9-7-12-8-10(5-2)11(9)6-3/h4,6-8H,1,3,5H2,2H3. The summed E-state index contributed by atoms with van der Waals surface area (Å²) in [6.45, 7) is 9.61. The summed E-state index contributed by atoms with van der Waals surface area (Å²) < 4.78 is 0. The molecule has 0 saturated heterocycles. The number of aromatic nitrogens is 1. The average molecular weight is 159 g/mol. The van der Waals surface area contributed by atoms with Gasteiger partial charge in [0.2, 0.25) is 0 Å². The molecule has 0 bridgehead atoms. The third-order valence-corrected chi connectivity index (χ3v) is 1.91. The molecule has 1 nitrogen and oxygen atoms in total. The van der Waals surface area contributed by atoms with Crippen LogP contribution in [0.1, 0.15) is 23.6 Å². The highest BCUT2D eigenvalue weighted by molar-refractivity contribution is 5.65. The van der Waals surface area contributed by atoms with E-state index in [0.29, 0.717) is 0 Å². The summed E-state index contributed by atoms with van der Waals surface area (Å²) in [5.41, 5.74) is 3.44. The maximum Gasteiger partial charge on any atom is 0.0346 e.